The number of carbonyl (C=O) groups excluding carboxylic acids is 1. The minimum Gasteiger partial charge on any atom is -0.489 e. The Hall–Kier alpha value is -3.53. The van der Waals surface area contributed by atoms with Crippen LogP contribution in [0.25, 0.3) is 5.76 Å². The number of benzene rings is 3. The number of hydrogen-bond acceptors (Lipinski definition) is 4. The number of hydrogen-bond donors (Lipinski definition) is 0. The van der Waals surface area contributed by atoms with E-state index in [0.29, 0.717) is 19.0 Å². The average Bonchev–Trinajstić information content (AvgIpc) is 3.14. The summed E-state index contributed by atoms with van der Waals surface area (Å²) in [6.07, 6.45) is 1.40. The molecule has 0 radical (unpaired) electrons. The highest BCUT2D eigenvalue weighted by Gasteiger charge is 2.20. The average molecular weight is 372 g/mol. The van der Waals surface area contributed by atoms with Crippen LogP contribution in [0.1, 0.15) is 22.3 Å². The van der Waals surface area contributed by atoms with Gasteiger partial charge in [-0.3, -0.25) is 0 Å². The summed E-state index contributed by atoms with van der Waals surface area (Å²) in [6.45, 7) is 1.16. The van der Waals surface area contributed by atoms with Gasteiger partial charge in [0.1, 0.15) is 31.3 Å². The third kappa shape index (κ3) is 4.41. The lowest BCUT2D eigenvalue weighted by atomic mass is 10.1. The molecule has 0 spiro atoms. The molecule has 0 atom stereocenters. The zero-order valence-electron chi connectivity index (χ0n) is 15.3. The normalized spacial score (nSPS) is 13.6. The first-order chi connectivity index (χ1) is 13.8. The summed E-state index contributed by atoms with van der Waals surface area (Å²) in [6, 6.07) is 25.3. The standard InChI is InChI=1S/C24H20O4/c25-24(28-16-19-9-5-2-6-10-19)14-23-22-12-11-21(13-20(22)17-27-23)26-15-18-7-3-1-4-8-18/h1-14H,15-17H2/b23-14-. The zero-order valence-corrected chi connectivity index (χ0v) is 15.3. The third-order valence-corrected chi connectivity index (χ3v) is 4.45. The molecule has 3 aromatic rings. The Labute approximate surface area is 164 Å². The smallest absolute Gasteiger partial charge is 0.334 e. The van der Waals surface area contributed by atoms with E-state index in [2.05, 4.69) is 0 Å². The molecule has 0 aliphatic carbocycles. The summed E-state index contributed by atoms with van der Waals surface area (Å²) in [5, 5.41) is 0. The molecular formula is C24H20O4. The number of fused-ring (bicyclic) bond motifs is 1. The van der Waals surface area contributed by atoms with E-state index in [1.165, 1.54) is 6.08 Å². The van der Waals surface area contributed by atoms with Crippen molar-refractivity contribution in [2.75, 3.05) is 0 Å². The zero-order chi connectivity index (χ0) is 19.2. The minimum atomic E-state index is -0.420. The van der Waals surface area contributed by atoms with Crippen LogP contribution in [-0.4, -0.2) is 5.97 Å². The van der Waals surface area contributed by atoms with Crippen molar-refractivity contribution < 1.29 is 19.0 Å². The van der Waals surface area contributed by atoms with E-state index in [9.17, 15) is 4.79 Å². The third-order valence-electron chi connectivity index (χ3n) is 4.45. The van der Waals surface area contributed by atoms with Crippen LogP contribution < -0.4 is 4.74 Å². The van der Waals surface area contributed by atoms with Crippen LogP contribution in [0.4, 0.5) is 0 Å². The van der Waals surface area contributed by atoms with E-state index in [1.54, 1.807) is 0 Å². The van der Waals surface area contributed by atoms with Crippen molar-refractivity contribution in [2.24, 2.45) is 0 Å². The summed E-state index contributed by atoms with van der Waals surface area (Å²) < 4.78 is 16.8. The molecule has 28 heavy (non-hydrogen) atoms. The summed E-state index contributed by atoms with van der Waals surface area (Å²) in [7, 11) is 0. The van der Waals surface area contributed by atoms with Gasteiger partial charge in [0.15, 0.2) is 0 Å². The second-order valence-electron chi connectivity index (χ2n) is 6.48. The molecule has 1 aliphatic heterocycles. The molecule has 1 aliphatic rings. The summed E-state index contributed by atoms with van der Waals surface area (Å²) in [5.41, 5.74) is 3.94. The number of carbonyl (C=O) groups is 1. The van der Waals surface area contributed by atoms with Crippen molar-refractivity contribution in [3.63, 3.8) is 0 Å². The van der Waals surface area contributed by atoms with Gasteiger partial charge in [0.05, 0.1) is 6.08 Å². The Morgan fingerprint density at radius 3 is 2.29 bits per heavy atom. The highest BCUT2D eigenvalue weighted by atomic mass is 16.5. The van der Waals surface area contributed by atoms with Crippen molar-refractivity contribution >= 4 is 11.7 Å². The fraction of sp³-hybridized carbons (Fsp3) is 0.125. The van der Waals surface area contributed by atoms with Crippen molar-refractivity contribution in [3.8, 4) is 5.75 Å². The summed E-state index contributed by atoms with van der Waals surface area (Å²) in [4.78, 5) is 12.1. The molecular weight excluding hydrogens is 352 g/mol. The number of rotatable bonds is 6. The maximum atomic E-state index is 12.1. The fourth-order valence-corrected chi connectivity index (χ4v) is 2.99. The van der Waals surface area contributed by atoms with Crippen LogP contribution in [0, 0.1) is 0 Å². The Kier molecular flexibility index (Phi) is 5.38. The van der Waals surface area contributed by atoms with E-state index >= 15 is 0 Å². The van der Waals surface area contributed by atoms with Crippen molar-refractivity contribution in [1.29, 1.82) is 0 Å². The number of esters is 1. The van der Waals surface area contributed by atoms with Gasteiger partial charge < -0.3 is 14.2 Å². The highest BCUT2D eigenvalue weighted by molar-refractivity contribution is 5.90. The van der Waals surface area contributed by atoms with E-state index < -0.39 is 5.97 Å². The minimum absolute atomic E-state index is 0.239. The molecule has 0 unspecified atom stereocenters. The highest BCUT2D eigenvalue weighted by Crippen LogP contribution is 2.32. The topological polar surface area (TPSA) is 44.8 Å². The van der Waals surface area contributed by atoms with Gasteiger partial charge in [0.2, 0.25) is 0 Å². The van der Waals surface area contributed by atoms with Gasteiger partial charge in [-0.1, -0.05) is 60.7 Å². The summed E-state index contributed by atoms with van der Waals surface area (Å²) in [5.74, 6) is 0.887. The predicted octanol–water partition coefficient (Wildman–Crippen LogP) is 4.88. The van der Waals surface area contributed by atoms with E-state index in [-0.39, 0.29) is 6.61 Å². The van der Waals surface area contributed by atoms with Crippen molar-refractivity contribution in [1.82, 2.24) is 0 Å². The number of ether oxygens (including phenoxy) is 3. The monoisotopic (exact) mass is 372 g/mol. The quantitative estimate of drug-likeness (QED) is 0.457. The van der Waals surface area contributed by atoms with E-state index in [4.69, 9.17) is 14.2 Å². The van der Waals surface area contributed by atoms with Crippen molar-refractivity contribution in [3.05, 3.63) is 107 Å². The van der Waals surface area contributed by atoms with Gasteiger partial charge >= 0.3 is 5.97 Å². The Balaban J connectivity index is 1.38. The van der Waals surface area contributed by atoms with E-state index in [1.807, 2.05) is 78.9 Å². The molecule has 140 valence electrons. The van der Waals surface area contributed by atoms with Crippen LogP contribution in [0.2, 0.25) is 0 Å². The molecule has 4 nitrogen and oxygen atoms in total. The van der Waals surface area contributed by atoms with E-state index in [0.717, 1.165) is 28.0 Å². The Morgan fingerprint density at radius 2 is 1.57 bits per heavy atom. The fourth-order valence-electron chi connectivity index (χ4n) is 2.99. The molecule has 0 amide bonds. The molecule has 0 aromatic heterocycles. The van der Waals surface area contributed by atoms with Gasteiger partial charge in [-0.15, -0.1) is 0 Å². The lowest BCUT2D eigenvalue weighted by molar-refractivity contribution is -0.139. The van der Waals surface area contributed by atoms with Gasteiger partial charge in [-0.2, -0.15) is 0 Å². The molecule has 4 heteroatoms. The van der Waals surface area contributed by atoms with Gasteiger partial charge in [0, 0.05) is 11.1 Å². The van der Waals surface area contributed by atoms with Crippen LogP contribution in [0.5, 0.6) is 5.75 Å². The van der Waals surface area contributed by atoms with Gasteiger partial charge in [-0.05, 0) is 29.3 Å². The Bertz CT molecular complexity index is 978. The van der Waals surface area contributed by atoms with Gasteiger partial charge in [0.25, 0.3) is 0 Å². The van der Waals surface area contributed by atoms with Crippen LogP contribution in [-0.2, 0) is 34.1 Å². The molecule has 1 heterocycles. The van der Waals surface area contributed by atoms with Crippen LogP contribution >= 0.6 is 0 Å². The molecule has 0 fully saturated rings. The van der Waals surface area contributed by atoms with Crippen LogP contribution in [0.15, 0.2) is 84.9 Å². The predicted molar refractivity (Wildman–Crippen MR) is 106 cm³/mol. The van der Waals surface area contributed by atoms with Crippen LogP contribution in [0.3, 0.4) is 0 Å². The maximum Gasteiger partial charge on any atom is 0.334 e. The maximum absolute atomic E-state index is 12.1. The largest absolute Gasteiger partial charge is 0.489 e. The lowest BCUT2D eigenvalue weighted by Crippen LogP contribution is -2.02. The first-order valence-electron chi connectivity index (χ1n) is 9.13. The first-order valence-corrected chi connectivity index (χ1v) is 9.13. The summed E-state index contributed by atoms with van der Waals surface area (Å²) >= 11 is 0. The Morgan fingerprint density at radius 1 is 0.893 bits per heavy atom. The molecule has 4 rings (SSSR count). The van der Waals surface area contributed by atoms with Crippen molar-refractivity contribution in [2.45, 2.75) is 19.8 Å². The second-order valence-corrected chi connectivity index (χ2v) is 6.48. The molecule has 0 bridgehead atoms. The molecule has 0 saturated heterocycles. The molecule has 0 saturated carbocycles. The SMILES string of the molecule is O=C(/C=C1\OCc2cc(OCc3ccccc3)ccc21)OCc1ccccc1. The molecule has 0 N–H and O–H groups in total. The first kappa shape index (κ1) is 17.9. The molecule has 3 aromatic carbocycles. The second kappa shape index (κ2) is 8.44. The van der Waals surface area contributed by atoms with Gasteiger partial charge in [-0.25, -0.2) is 4.79 Å². The lowest BCUT2D eigenvalue weighted by Gasteiger charge is -2.07.